The van der Waals surface area contributed by atoms with E-state index in [4.69, 9.17) is 4.98 Å². The Morgan fingerprint density at radius 3 is 2.61 bits per heavy atom. The largest absolute Gasteiger partial charge is 0.351 e. The predicted molar refractivity (Wildman–Crippen MR) is 81.8 cm³/mol. The van der Waals surface area contributed by atoms with Crippen LogP contribution in [0.2, 0.25) is 0 Å². The predicted octanol–water partition coefficient (Wildman–Crippen LogP) is 3.61. The van der Waals surface area contributed by atoms with Gasteiger partial charge in [0.15, 0.2) is 5.13 Å². The maximum Gasteiger partial charge on any atom is 0.185 e. The van der Waals surface area contributed by atoms with Crippen molar-refractivity contribution in [3.8, 4) is 0 Å². The highest BCUT2D eigenvalue weighted by Crippen LogP contribution is 2.31. The van der Waals surface area contributed by atoms with Crippen LogP contribution < -0.4 is 10.2 Å². The Bertz CT molecular complexity index is 349. The van der Waals surface area contributed by atoms with Crippen molar-refractivity contribution in [2.24, 2.45) is 0 Å². The Morgan fingerprint density at radius 1 is 1.33 bits per heavy atom. The third-order valence-electron chi connectivity index (χ3n) is 3.22. The SMILES string of the molecule is CCCN(C)c1nc(C(C)CC)c(CNCC)s1. The number of nitrogens with zero attached hydrogens (tertiary/aromatic N) is 2. The van der Waals surface area contributed by atoms with Gasteiger partial charge in [0.25, 0.3) is 0 Å². The van der Waals surface area contributed by atoms with Crippen molar-refractivity contribution in [2.45, 2.75) is 53.0 Å². The fourth-order valence-electron chi connectivity index (χ4n) is 1.89. The molecule has 1 heterocycles. The molecule has 1 aromatic heterocycles. The summed E-state index contributed by atoms with van der Waals surface area (Å²) in [5.41, 5.74) is 1.29. The van der Waals surface area contributed by atoms with Gasteiger partial charge in [0, 0.05) is 25.0 Å². The molecule has 0 bridgehead atoms. The lowest BCUT2D eigenvalue weighted by atomic mass is 10.0. The molecule has 0 saturated heterocycles. The molecule has 0 saturated carbocycles. The molecule has 0 aliphatic carbocycles. The van der Waals surface area contributed by atoms with Gasteiger partial charge in [-0.15, -0.1) is 11.3 Å². The van der Waals surface area contributed by atoms with Crippen LogP contribution in [0.1, 0.15) is 57.0 Å². The third kappa shape index (κ3) is 3.95. The minimum atomic E-state index is 0.554. The summed E-state index contributed by atoms with van der Waals surface area (Å²) in [5, 5.41) is 4.59. The molecular weight excluding hydrogens is 242 g/mol. The number of hydrogen-bond donors (Lipinski definition) is 1. The summed E-state index contributed by atoms with van der Waals surface area (Å²) in [5.74, 6) is 0.554. The molecule has 0 aromatic carbocycles. The van der Waals surface area contributed by atoms with E-state index in [1.165, 1.54) is 15.7 Å². The Kier molecular flexibility index (Phi) is 6.65. The Labute approximate surface area is 116 Å². The smallest absolute Gasteiger partial charge is 0.185 e. The molecule has 1 N–H and O–H groups in total. The first-order valence-corrected chi connectivity index (χ1v) is 7.87. The maximum atomic E-state index is 4.86. The lowest BCUT2D eigenvalue weighted by Crippen LogP contribution is -2.17. The fourth-order valence-corrected chi connectivity index (χ4v) is 3.03. The number of nitrogens with one attached hydrogen (secondary N) is 1. The van der Waals surface area contributed by atoms with Crippen LogP contribution in [-0.2, 0) is 6.54 Å². The number of thiazole rings is 1. The van der Waals surface area contributed by atoms with Crippen molar-refractivity contribution in [1.82, 2.24) is 10.3 Å². The van der Waals surface area contributed by atoms with E-state index in [1.54, 1.807) is 0 Å². The summed E-state index contributed by atoms with van der Waals surface area (Å²) in [6.07, 6.45) is 2.32. The minimum absolute atomic E-state index is 0.554. The lowest BCUT2D eigenvalue weighted by Gasteiger charge is -2.13. The van der Waals surface area contributed by atoms with E-state index >= 15 is 0 Å². The van der Waals surface area contributed by atoms with E-state index in [1.807, 2.05) is 11.3 Å². The van der Waals surface area contributed by atoms with E-state index in [2.05, 4.69) is 45.0 Å². The second-order valence-electron chi connectivity index (χ2n) is 4.82. The van der Waals surface area contributed by atoms with Crippen molar-refractivity contribution in [3.05, 3.63) is 10.6 Å². The molecule has 1 rings (SSSR count). The molecule has 0 spiro atoms. The molecule has 0 aliphatic heterocycles. The van der Waals surface area contributed by atoms with Gasteiger partial charge in [-0.05, 0) is 25.3 Å². The molecule has 3 nitrogen and oxygen atoms in total. The average Bonchev–Trinajstić information content (AvgIpc) is 2.79. The summed E-state index contributed by atoms with van der Waals surface area (Å²) in [7, 11) is 2.14. The summed E-state index contributed by atoms with van der Waals surface area (Å²) >= 11 is 1.84. The quantitative estimate of drug-likeness (QED) is 0.781. The maximum absolute atomic E-state index is 4.86. The average molecular weight is 269 g/mol. The number of rotatable bonds is 8. The van der Waals surface area contributed by atoms with E-state index in [-0.39, 0.29) is 0 Å². The zero-order valence-electron chi connectivity index (χ0n) is 12.4. The Balaban J connectivity index is 2.91. The third-order valence-corrected chi connectivity index (χ3v) is 4.40. The first kappa shape index (κ1) is 15.4. The molecule has 0 amide bonds. The van der Waals surface area contributed by atoms with Gasteiger partial charge in [-0.1, -0.05) is 27.7 Å². The van der Waals surface area contributed by atoms with Gasteiger partial charge < -0.3 is 10.2 Å². The van der Waals surface area contributed by atoms with Gasteiger partial charge in [0.2, 0.25) is 0 Å². The van der Waals surface area contributed by atoms with Crippen LogP contribution in [0, 0.1) is 0 Å². The van der Waals surface area contributed by atoms with Crippen molar-refractivity contribution in [2.75, 3.05) is 25.0 Å². The van der Waals surface area contributed by atoms with Crippen LogP contribution in [0.4, 0.5) is 5.13 Å². The molecule has 1 unspecified atom stereocenters. The monoisotopic (exact) mass is 269 g/mol. The molecule has 4 heteroatoms. The molecular formula is C14H27N3S. The second-order valence-corrected chi connectivity index (χ2v) is 5.88. The molecule has 0 fully saturated rings. The summed E-state index contributed by atoms with van der Waals surface area (Å²) < 4.78 is 0. The Morgan fingerprint density at radius 2 is 2.06 bits per heavy atom. The van der Waals surface area contributed by atoms with Gasteiger partial charge in [-0.25, -0.2) is 4.98 Å². The van der Waals surface area contributed by atoms with Crippen LogP contribution in [0.3, 0.4) is 0 Å². The highest BCUT2D eigenvalue weighted by molar-refractivity contribution is 7.15. The standard InChI is InChI=1S/C14H27N3S/c1-6-9-17(5)14-16-13(11(4)7-2)12(18-14)10-15-8-3/h11,15H,6-10H2,1-5H3. The zero-order chi connectivity index (χ0) is 13.5. The van der Waals surface area contributed by atoms with Crippen molar-refractivity contribution in [3.63, 3.8) is 0 Å². The Hall–Kier alpha value is -0.610. The zero-order valence-corrected chi connectivity index (χ0v) is 13.2. The number of anilines is 1. The van der Waals surface area contributed by atoms with Crippen molar-refractivity contribution >= 4 is 16.5 Å². The molecule has 1 atom stereocenters. The van der Waals surface area contributed by atoms with Crippen LogP contribution in [0.15, 0.2) is 0 Å². The topological polar surface area (TPSA) is 28.2 Å². The summed E-state index contributed by atoms with van der Waals surface area (Å²) in [6, 6.07) is 0. The van der Waals surface area contributed by atoms with Crippen LogP contribution in [0.25, 0.3) is 0 Å². The van der Waals surface area contributed by atoms with Crippen molar-refractivity contribution in [1.29, 1.82) is 0 Å². The highest BCUT2D eigenvalue weighted by atomic mass is 32.1. The van der Waals surface area contributed by atoms with E-state index in [0.717, 1.165) is 32.5 Å². The van der Waals surface area contributed by atoms with Gasteiger partial charge in [0.1, 0.15) is 0 Å². The van der Waals surface area contributed by atoms with E-state index < -0.39 is 0 Å². The number of hydrogen-bond acceptors (Lipinski definition) is 4. The van der Waals surface area contributed by atoms with Gasteiger partial charge >= 0.3 is 0 Å². The first-order chi connectivity index (χ1) is 8.63. The highest BCUT2D eigenvalue weighted by Gasteiger charge is 2.17. The van der Waals surface area contributed by atoms with Crippen LogP contribution in [0.5, 0.6) is 0 Å². The molecule has 0 radical (unpaired) electrons. The number of aromatic nitrogens is 1. The minimum Gasteiger partial charge on any atom is -0.351 e. The summed E-state index contributed by atoms with van der Waals surface area (Å²) in [4.78, 5) is 8.53. The van der Waals surface area contributed by atoms with Crippen molar-refractivity contribution < 1.29 is 0 Å². The normalized spacial score (nSPS) is 12.7. The van der Waals surface area contributed by atoms with E-state index in [9.17, 15) is 0 Å². The molecule has 104 valence electrons. The second kappa shape index (κ2) is 7.74. The van der Waals surface area contributed by atoms with Crippen LogP contribution >= 0.6 is 11.3 Å². The first-order valence-electron chi connectivity index (χ1n) is 7.05. The fraction of sp³-hybridized carbons (Fsp3) is 0.786. The van der Waals surface area contributed by atoms with E-state index in [0.29, 0.717) is 5.92 Å². The van der Waals surface area contributed by atoms with Gasteiger partial charge in [-0.2, -0.15) is 0 Å². The molecule has 1 aromatic rings. The van der Waals surface area contributed by atoms with Crippen LogP contribution in [-0.4, -0.2) is 25.1 Å². The molecule has 0 aliphatic rings. The lowest BCUT2D eigenvalue weighted by molar-refractivity contribution is 0.677. The van der Waals surface area contributed by atoms with Gasteiger partial charge in [0.05, 0.1) is 5.69 Å². The molecule has 18 heavy (non-hydrogen) atoms. The van der Waals surface area contributed by atoms with Gasteiger partial charge in [-0.3, -0.25) is 0 Å². The summed E-state index contributed by atoms with van der Waals surface area (Å²) in [6.45, 7) is 11.9.